The van der Waals surface area contributed by atoms with E-state index in [1.54, 1.807) is 0 Å². The molecular formula is C9H6ClF8N. The van der Waals surface area contributed by atoms with Crippen LogP contribution in [0.2, 0.25) is 0 Å². The smallest absolute Gasteiger partial charge is 0.319 e. The lowest BCUT2D eigenvalue weighted by atomic mass is 9.99. The fourth-order valence-electron chi connectivity index (χ4n) is 1.19. The Morgan fingerprint density at radius 1 is 0.895 bits per heavy atom. The minimum absolute atomic E-state index is 0. The first kappa shape index (κ1) is 17.9. The summed E-state index contributed by atoms with van der Waals surface area (Å²) in [6.45, 7) is 0. The van der Waals surface area contributed by atoms with Crippen molar-refractivity contribution >= 4 is 12.4 Å². The Kier molecular flexibility index (Phi) is 5.18. The van der Waals surface area contributed by atoms with Crippen LogP contribution in [-0.2, 0) is 0 Å². The highest BCUT2D eigenvalue weighted by Gasteiger charge is 2.62. The minimum Gasteiger partial charge on any atom is -0.319 e. The summed E-state index contributed by atoms with van der Waals surface area (Å²) in [4.78, 5) is 0. The Hall–Kier alpha value is -1.09. The number of benzene rings is 1. The van der Waals surface area contributed by atoms with Crippen LogP contribution in [-0.4, -0.2) is 12.1 Å². The highest BCUT2D eigenvalue weighted by Crippen LogP contribution is 2.44. The van der Waals surface area contributed by atoms with Gasteiger partial charge in [-0.1, -0.05) is 0 Å². The van der Waals surface area contributed by atoms with Gasteiger partial charge in [-0.05, 0) is 12.1 Å². The molecule has 1 rings (SSSR count). The predicted octanol–water partition coefficient (Wildman–Crippen LogP) is 3.72. The van der Waals surface area contributed by atoms with E-state index in [1.165, 1.54) is 0 Å². The van der Waals surface area contributed by atoms with Crippen molar-refractivity contribution in [1.82, 2.24) is 0 Å². The molecule has 0 amide bonds. The van der Waals surface area contributed by atoms with Crippen molar-refractivity contribution in [3.63, 3.8) is 0 Å². The second-order valence-corrected chi connectivity index (χ2v) is 3.36. The Morgan fingerprint density at radius 3 is 1.74 bits per heavy atom. The zero-order valence-corrected chi connectivity index (χ0v) is 9.56. The number of halogens is 9. The average molecular weight is 316 g/mol. The molecule has 0 aliphatic heterocycles. The van der Waals surface area contributed by atoms with Gasteiger partial charge in [0.25, 0.3) is 0 Å². The molecule has 0 aliphatic carbocycles. The van der Waals surface area contributed by atoms with Gasteiger partial charge < -0.3 is 5.73 Å². The minimum atomic E-state index is -6.11. The number of rotatable bonds is 2. The number of nitrogens with two attached hydrogens (primary N) is 1. The van der Waals surface area contributed by atoms with E-state index in [0.717, 1.165) is 0 Å². The van der Waals surface area contributed by atoms with Gasteiger partial charge in [-0.15, -0.1) is 12.4 Å². The summed E-state index contributed by atoms with van der Waals surface area (Å²) in [5.41, 5.74) is 2.66. The van der Waals surface area contributed by atoms with Crippen molar-refractivity contribution in [1.29, 1.82) is 0 Å². The van der Waals surface area contributed by atoms with Crippen LogP contribution in [0.4, 0.5) is 35.1 Å². The Bertz CT molecular complexity index is 458. The van der Waals surface area contributed by atoms with Crippen molar-refractivity contribution in [2.24, 2.45) is 5.73 Å². The molecule has 1 aromatic rings. The van der Waals surface area contributed by atoms with Crippen LogP contribution in [0.15, 0.2) is 12.1 Å². The van der Waals surface area contributed by atoms with E-state index >= 15 is 0 Å². The van der Waals surface area contributed by atoms with Gasteiger partial charge in [0.2, 0.25) is 0 Å². The van der Waals surface area contributed by atoms with Crippen molar-refractivity contribution in [2.75, 3.05) is 0 Å². The lowest BCUT2D eigenvalue weighted by Crippen LogP contribution is -2.46. The number of alkyl halides is 5. The third kappa shape index (κ3) is 3.08. The fourth-order valence-corrected chi connectivity index (χ4v) is 1.19. The summed E-state index contributed by atoms with van der Waals surface area (Å²) in [6.07, 6.45) is -6.11. The van der Waals surface area contributed by atoms with Crippen molar-refractivity contribution < 1.29 is 35.1 Å². The van der Waals surface area contributed by atoms with Crippen molar-refractivity contribution in [3.8, 4) is 0 Å². The van der Waals surface area contributed by atoms with Gasteiger partial charge in [0.05, 0.1) is 0 Å². The third-order valence-corrected chi connectivity index (χ3v) is 2.16. The highest BCUT2D eigenvalue weighted by atomic mass is 35.5. The molecule has 0 aliphatic rings. The Labute approximate surface area is 107 Å². The molecule has 1 aromatic carbocycles. The maximum absolute atomic E-state index is 13.0. The van der Waals surface area contributed by atoms with Crippen molar-refractivity contribution in [3.05, 3.63) is 35.1 Å². The summed E-state index contributed by atoms with van der Waals surface area (Å²) in [7, 11) is 0. The van der Waals surface area contributed by atoms with E-state index in [4.69, 9.17) is 0 Å². The van der Waals surface area contributed by atoms with Gasteiger partial charge in [-0.2, -0.15) is 22.0 Å². The molecule has 1 nitrogen and oxygen atoms in total. The topological polar surface area (TPSA) is 26.0 Å². The highest BCUT2D eigenvalue weighted by molar-refractivity contribution is 5.85. The largest absolute Gasteiger partial charge is 0.455 e. The summed E-state index contributed by atoms with van der Waals surface area (Å²) >= 11 is 0. The second-order valence-electron chi connectivity index (χ2n) is 3.36. The molecule has 0 bridgehead atoms. The molecule has 1 atom stereocenters. The molecule has 19 heavy (non-hydrogen) atoms. The van der Waals surface area contributed by atoms with Crippen LogP contribution >= 0.6 is 12.4 Å². The fraction of sp³-hybridized carbons (Fsp3) is 0.333. The van der Waals surface area contributed by atoms with Crippen LogP contribution in [0.3, 0.4) is 0 Å². The molecule has 110 valence electrons. The number of hydrogen-bond acceptors (Lipinski definition) is 1. The molecule has 10 heteroatoms. The maximum Gasteiger partial charge on any atom is 0.455 e. The molecule has 2 N–H and O–H groups in total. The van der Waals surface area contributed by atoms with E-state index in [2.05, 4.69) is 5.73 Å². The van der Waals surface area contributed by atoms with Gasteiger partial charge >= 0.3 is 12.1 Å². The van der Waals surface area contributed by atoms with Crippen LogP contribution < -0.4 is 5.73 Å². The Balaban J connectivity index is 0.00000324. The molecule has 0 spiro atoms. The van der Waals surface area contributed by atoms with E-state index < -0.39 is 41.2 Å². The van der Waals surface area contributed by atoms with Gasteiger partial charge in [-0.3, -0.25) is 0 Å². The summed E-state index contributed by atoms with van der Waals surface area (Å²) in [6, 6.07) is -2.93. The average Bonchev–Trinajstić information content (AvgIpc) is 2.22. The van der Waals surface area contributed by atoms with Gasteiger partial charge in [0.1, 0.15) is 11.9 Å². The third-order valence-electron chi connectivity index (χ3n) is 2.16. The van der Waals surface area contributed by atoms with E-state index in [1.807, 2.05) is 0 Å². The van der Waals surface area contributed by atoms with Gasteiger partial charge in [0.15, 0.2) is 11.6 Å². The van der Waals surface area contributed by atoms with Crippen LogP contribution in [0.5, 0.6) is 0 Å². The van der Waals surface area contributed by atoms with Gasteiger partial charge in [0, 0.05) is 5.56 Å². The van der Waals surface area contributed by atoms with Crippen molar-refractivity contribution in [2.45, 2.75) is 18.1 Å². The first-order valence-electron chi connectivity index (χ1n) is 4.33. The first-order chi connectivity index (χ1) is 8.00. The molecule has 0 saturated carbocycles. The predicted molar refractivity (Wildman–Crippen MR) is 51.5 cm³/mol. The zero-order valence-electron chi connectivity index (χ0n) is 8.74. The molecule has 0 fully saturated rings. The number of hydrogen-bond donors (Lipinski definition) is 1. The first-order valence-corrected chi connectivity index (χ1v) is 4.33. The van der Waals surface area contributed by atoms with Crippen LogP contribution in [0.25, 0.3) is 0 Å². The van der Waals surface area contributed by atoms with E-state index in [-0.39, 0.29) is 24.5 Å². The molecular weight excluding hydrogens is 310 g/mol. The lowest BCUT2D eigenvalue weighted by molar-refractivity contribution is -0.291. The Morgan fingerprint density at radius 2 is 1.32 bits per heavy atom. The molecule has 0 heterocycles. The van der Waals surface area contributed by atoms with Crippen LogP contribution in [0, 0.1) is 17.5 Å². The zero-order chi connectivity index (χ0) is 14.3. The van der Waals surface area contributed by atoms with Gasteiger partial charge in [-0.25, -0.2) is 13.2 Å². The van der Waals surface area contributed by atoms with E-state index in [0.29, 0.717) is 0 Å². The molecule has 0 aromatic heterocycles. The second kappa shape index (κ2) is 5.49. The standard InChI is InChI=1S/C9H5F8N.ClH/c10-3-1-2-4(11)6(12)5(3)7(18)8(13,14)9(15,16)17;/h1-2,7H,18H2;1H/t7-;/m0./s1. The summed E-state index contributed by atoms with van der Waals surface area (Å²) in [5, 5.41) is 0. The lowest BCUT2D eigenvalue weighted by Gasteiger charge is -2.26. The molecule has 0 unspecified atom stereocenters. The normalized spacial score (nSPS) is 13.9. The molecule has 0 saturated heterocycles. The maximum atomic E-state index is 13.0. The summed E-state index contributed by atoms with van der Waals surface area (Å²) < 4.78 is 100. The van der Waals surface area contributed by atoms with Crippen LogP contribution in [0.1, 0.15) is 11.6 Å². The SMILES string of the molecule is Cl.N[C@@H](c1c(F)ccc(F)c1F)C(F)(F)C(F)(F)F. The monoisotopic (exact) mass is 315 g/mol. The van der Waals surface area contributed by atoms with E-state index in [9.17, 15) is 35.1 Å². The quantitative estimate of drug-likeness (QED) is 0.653. The summed E-state index contributed by atoms with van der Waals surface area (Å²) in [5.74, 6) is -11.3. The molecule has 0 radical (unpaired) electrons.